The molecule has 0 heterocycles. The van der Waals surface area contributed by atoms with Gasteiger partial charge in [0.05, 0.1) is 24.0 Å². The fraction of sp³-hybridized carbons (Fsp3) is 0.300. The summed E-state index contributed by atoms with van der Waals surface area (Å²) < 4.78 is 10.1. The summed E-state index contributed by atoms with van der Waals surface area (Å²) in [7, 11) is 1.31. The van der Waals surface area contributed by atoms with Gasteiger partial charge in [-0.15, -0.1) is 11.6 Å². The van der Waals surface area contributed by atoms with E-state index in [1.807, 2.05) is 0 Å². The van der Waals surface area contributed by atoms with Gasteiger partial charge in [-0.3, -0.25) is 10.1 Å². The Bertz CT molecular complexity index is 476. The lowest BCUT2D eigenvalue weighted by molar-refractivity contribution is -0.385. The molecule has 0 aliphatic carbocycles. The first-order valence-corrected chi connectivity index (χ1v) is 5.33. The van der Waals surface area contributed by atoms with E-state index in [4.69, 9.17) is 26.2 Å². The normalized spacial score (nSPS) is 9.89. The van der Waals surface area contributed by atoms with E-state index in [1.165, 1.54) is 7.11 Å². The van der Waals surface area contributed by atoms with Crippen molar-refractivity contribution in [1.82, 2.24) is 0 Å². The molecule has 18 heavy (non-hydrogen) atoms. The zero-order chi connectivity index (χ0) is 13.7. The van der Waals surface area contributed by atoms with Crippen molar-refractivity contribution in [2.24, 2.45) is 0 Å². The second-order valence-electron chi connectivity index (χ2n) is 3.12. The highest BCUT2D eigenvalue weighted by Crippen LogP contribution is 2.34. The molecule has 0 bridgehead atoms. The van der Waals surface area contributed by atoms with Gasteiger partial charge >= 0.3 is 5.97 Å². The number of carboxylic acid groups (broad SMARTS) is 1. The van der Waals surface area contributed by atoms with Gasteiger partial charge in [-0.05, 0) is 0 Å². The summed E-state index contributed by atoms with van der Waals surface area (Å²) >= 11 is 5.44. The van der Waals surface area contributed by atoms with Crippen LogP contribution >= 0.6 is 11.6 Å². The maximum absolute atomic E-state index is 10.9. The summed E-state index contributed by atoms with van der Waals surface area (Å²) in [6.07, 6.45) is 0. The second-order valence-corrected chi connectivity index (χ2v) is 3.50. The van der Waals surface area contributed by atoms with Gasteiger partial charge in [0.25, 0.3) is 5.69 Å². The minimum atomic E-state index is -1.41. The van der Waals surface area contributed by atoms with Gasteiger partial charge in [-0.25, -0.2) is 4.79 Å². The van der Waals surface area contributed by atoms with E-state index in [0.29, 0.717) is 0 Å². The Morgan fingerprint density at radius 1 is 1.50 bits per heavy atom. The minimum Gasteiger partial charge on any atom is -0.493 e. The zero-order valence-electron chi connectivity index (χ0n) is 9.38. The predicted octanol–water partition coefficient (Wildman–Crippen LogP) is 1.92. The number of nitro groups is 1. The number of halogens is 1. The molecule has 8 heteroatoms. The maximum Gasteiger partial charge on any atom is 0.342 e. The Kier molecular flexibility index (Phi) is 4.73. The van der Waals surface area contributed by atoms with E-state index >= 15 is 0 Å². The number of nitro benzene ring substituents is 1. The molecule has 0 saturated carbocycles. The van der Waals surface area contributed by atoms with Crippen LogP contribution in [0.3, 0.4) is 0 Å². The Morgan fingerprint density at radius 3 is 2.61 bits per heavy atom. The van der Waals surface area contributed by atoms with Crippen LogP contribution in [0.25, 0.3) is 0 Å². The second kappa shape index (κ2) is 6.06. The molecule has 1 N–H and O–H groups in total. The smallest absolute Gasteiger partial charge is 0.342 e. The van der Waals surface area contributed by atoms with Gasteiger partial charge in [0.2, 0.25) is 0 Å². The van der Waals surface area contributed by atoms with Crippen molar-refractivity contribution in [2.75, 3.05) is 19.6 Å². The number of rotatable bonds is 6. The zero-order valence-corrected chi connectivity index (χ0v) is 10.1. The van der Waals surface area contributed by atoms with Crippen LogP contribution in [0.4, 0.5) is 5.69 Å². The average Bonchev–Trinajstić information content (AvgIpc) is 2.34. The molecule has 0 aliphatic heterocycles. The molecule has 0 unspecified atom stereocenters. The summed E-state index contributed by atoms with van der Waals surface area (Å²) in [5.41, 5.74) is -1.03. The van der Waals surface area contributed by atoms with Crippen molar-refractivity contribution < 1.29 is 24.3 Å². The van der Waals surface area contributed by atoms with Crippen LogP contribution in [0.15, 0.2) is 12.1 Å². The predicted molar refractivity (Wildman–Crippen MR) is 62.8 cm³/mol. The number of hydrogen-bond acceptors (Lipinski definition) is 5. The molecule has 1 aromatic rings. The van der Waals surface area contributed by atoms with Crippen LogP contribution in [0.2, 0.25) is 0 Å². The topological polar surface area (TPSA) is 98.9 Å². The molecular formula is C10H10ClNO6. The highest BCUT2D eigenvalue weighted by Gasteiger charge is 2.24. The van der Waals surface area contributed by atoms with Gasteiger partial charge in [-0.1, -0.05) is 0 Å². The first kappa shape index (κ1) is 14.0. The standard InChI is InChI=1S/C10H10ClNO6/c1-17-8-4-6(10(13)14)7(12(15)16)5-9(8)18-3-2-11/h4-5H,2-3H2,1H3,(H,13,14). The van der Waals surface area contributed by atoms with Crippen molar-refractivity contribution in [3.05, 3.63) is 27.8 Å². The molecule has 0 radical (unpaired) electrons. The number of nitrogens with zero attached hydrogens (tertiary/aromatic N) is 1. The monoisotopic (exact) mass is 275 g/mol. The third kappa shape index (κ3) is 3.01. The number of aromatic carboxylic acids is 1. The average molecular weight is 276 g/mol. The number of carbonyl (C=O) groups is 1. The highest BCUT2D eigenvalue weighted by atomic mass is 35.5. The number of alkyl halides is 1. The summed E-state index contributed by atoms with van der Waals surface area (Å²) in [6.45, 7) is 0.126. The molecule has 1 aromatic carbocycles. The van der Waals surface area contributed by atoms with Crippen LogP contribution in [-0.2, 0) is 0 Å². The summed E-state index contributed by atoms with van der Waals surface area (Å²) in [4.78, 5) is 20.9. The fourth-order valence-corrected chi connectivity index (χ4v) is 1.37. The van der Waals surface area contributed by atoms with Gasteiger partial charge in [0.1, 0.15) is 12.2 Å². The largest absolute Gasteiger partial charge is 0.493 e. The van der Waals surface area contributed by atoms with Gasteiger partial charge < -0.3 is 14.6 Å². The molecule has 0 amide bonds. The lowest BCUT2D eigenvalue weighted by atomic mass is 10.1. The number of ether oxygens (including phenoxy) is 2. The molecular weight excluding hydrogens is 266 g/mol. The summed E-state index contributed by atoms with van der Waals surface area (Å²) in [5, 5.41) is 19.7. The van der Waals surface area contributed by atoms with Gasteiger partial charge in [0, 0.05) is 6.07 Å². The number of benzene rings is 1. The highest BCUT2D eigenvalue weighted by molar-refractivity contribution is 6.18. The third-order valence-electron chi connectivity index (χ3n) is 2.04. The van der Waals surface area contributed by atoms with Crippen molar-refractivity contribution in [2.45, 2.75) is 0 Å². The van der Waals surface area contributed by atoms with Gasteiger partial charge in [0.15, 0.2) is 11.5 Å². The molecule has 0 fully saturated rings. The molecule has 0 saturated heterocycles. The van der Waals surface area contributed by atoms with Crippen LogP contribution in [-0.4, -0.2) is 35.6 Å². The molecule has 0 atom stereocenters. The Labute approximate surface area is 107 Å². The van der Waals surface area contributed by atoms with E-state index in [2.05, 4.69) is 0 Å². The van der Waals surface area contributed by atoms with Crippen molar-refractivity contribution in [3.8, 4) is 11.5 Å². The van der Waals surface area contributed by atoms with E-state index in [9.17, 15) is 14.9 Å². The quantitative estimate of drug-likeness (QED) is 0.484. The Morgan fingerprint density at radius 2 is 2.17 bits per heavy atom. The van der Waals surface area contributed by atoms with E-state index < -0.39 is 22.1 Å². The molecule has 0 aromatic heterocycles. The van der Waals surface area contributed by atoms with Crippen molar-refractivity contribution in [3.63, 3.8) is 0 Å². The molecule has 98 valence electrons. The fourth-order valence-electron chi connectivity index (χ4n) is 1.29. The molecule has 1 rings (SSSR count). The Hall–Kier alpha value is -2.02. The van der Waals surface area contributed by atoms with Crippen molar-refractivity contribution >= 4 is 23.3 Å². The molecule has 0 aliphatic rings. The third-order valence-corrected chi connectivity index (χ3v) is 2.20. The molecule has 0 spiro atoms. The van der Waals surface area contributed by atoms with Crippen LogP contribution in [0.1, 0.15) is 10.4 Å². The maximum atomic E-state index is 10.9. The van der Waals surface area contributed by atoms with Crippen LogP contribution in [0.5, 0.6) is 11.5 Å². The number of carboxylic acids is 1. The lowest BCUT2D eigenvalue weighted by Gasteiger charge is -2.10. The molecule has 7 nitrogen and oxygen atoms in total. The minimum absolute atomic E-state index is 0.0786. The number of methoxy groups -OCH3 is 1. The summed E-state index contributed by atoms with van der Waals surface area (Å²) in [6, 6.07) is 2.05. The number of hydrogen-bond donors (Lipinski definition) is 1. The SMILES string of the molecule is COc1cc(C(=O)O)c([N+](=O)[O-])cc1OCCCl. The first-order valence-electron chi connectivity index (χ1n) is 4.79. The van der Waals surface area contributed by atoms with E-state index in [1.54, 1.807) is 0 Å². The van der Waals surface area contributed by atoms with E-state index in [-0.39, 0.29) is 24.0 Å². The first-order chi connectivity index (χ1) is 8.51. The van der Waals surface area contributed by atoms with Crippen molar-refractivity contribution in [1.29, 1.82) is 0 Å². The lowest BCUT2D eigenvalue weighted by Crippen LogP contribution is -2.06. The van der Waals surface area contributed by atoms with Crippen LogP contribution in [0, 0.1) is 10.1 Å². The Balaban J connectivity index is 3.31. The van der Waals surface area contributed by atoms with E-state index in [0.717, 1.165) is 12.1 Å². The van der Waals surface area contributed by atoms with Gasteiger partial charge in [-0.2, -0.15) is 0 Å². The van der Waals surface area contributed by atoms with Crippen LogP contribution < -0.4 is 9.47 Å². The summed E-state index contributed by atoms with van der Waals surface area (Å²) in [5.74, 6) is -1.04.